The minimum atomic E-state index is -2.26. The van der Waals surface area contributed by atoms with Crippen molar-refractivity contribution in [3.63, 3.8) is 0 Å². The first-order chi connectivity index (χ1) is 15.5. The molecule has 2 aromatic rings. The molecule has 1 aromatic carbocycles. The summed E-state index contributed by atoms with van der Waals surface area (Å²) in [5.41, 5.74) is -0.00457. The summed E-state index contributed by atoms with van der Waals surface area (Å²) in [4.78, 5) is 27.4. The Hall–Kier alpha value is -2.79. The molecular weight excluding hydrogens is 452 g/mol. The second-order valence-corrected chi connectivity index (χ2v) is 14.3. The summed E-state index contributed by atoms with van der Waals surface area (Å²) in [6, 6.07) is 2.57. The van der Waals surface area contributed by atoms with E-state index in [-0.39, 0.29) is 34.9 Å². The van der Waals surface area contributed by atoms with Gasteiger partial charge < -0.3 is 24.6 Å². The normalized spacial score (nSPS) is 15.8. The molecule has 3 rings (SSSR count). The molecule has 2 amide bonds. The molecule has 1 fully saturated rings. The minimum Gasteiger partial charge on any atom is -0.491 e. The zero-order chi connectivity index (χ0) is 24.3. The van der Waals surface area contributed by atoms with Crippen LogP contribution in [-0.2, 0) is 20.7 Å². The molecule has 180 valence electrons. The number of halogens is 2. The van der Waals surface area contributed by atoms with Gasteiger partial charge in [-0.2, -0.15) is 0 Å². The number of hydrogen-bond acceptors (Lipinski definition) is 6. The molecule has 1 atom stereocenters. The molecule has 0 aliphatic carbocycles. The van der Waals surface area contributed by atoms with E-state index in [1.807, 2.05) is 19.6 Å². The van der Waals surface area contributed by atoms with Crippen molar-refractivity contribution in [1.29, 1.82) is 0 Å². The number of amides is 2. The van der Waals surface area contributed by atoms with Crippen LogP contribution in [0.5, 0.6) is 5.88 Å². The molecule has 2 heterocycles. The Labute approximate surface area is 191 Å². The largest absolute Gasteiger partial charge is 0.491 e. The molecule has 0 spiro atoms. The van der Waals surface area contributed by atoms with Gasteiger partial charge in [-0.15, -0.1) is 0 Å². The number of hydrogen-bond donors (Lipinski definition) is 2. The lowest BCUT2D eigenvalue weighted by Gasteiger charge is -2.35. The van der Waals surface area contributed by atoms with Gasteiger partial charge in [0.25, 0.3) is 5.88 Å². The van der Waals surface area contributed by atoms with Crippen LogP contribution in [0.15, 0.2) is 22.7 Å². The van der Waals surface area contributed by atoms with E-state index in [9.17, 15) is 23.5 Å². The lowest BCUT2D eigenvalue weighted by Crippen LogP contribution is -2.51. The van der Waals surface area contributed by atoms with Gasteiger partial charge in [0.05, 0.1) is 14.5 Å². The van der Waals surface area contributed by atoms with E-state index < -0.39 is 37.6 Å². The van der Waals surface area contributed by atoms with Gasteiger partial charge in [-0.3, -0.25) is 9.59 Å². The van der Waals surface area contributed by atoms with Crippen LogP contribution in [0.1, 0.15) is 18.6 Å². The first kappa shape index (κ1) is 24.8. The van der Waals surface area contributed by atoms with Crippen molar-refractivity contribution in [1.82, 2.24) is 10.1 Å². The van der Waals surface area contributed by atoms with Gasteiger partial charge in [0, 0.05) is 37.2 Å². The summed E-state index contributed by atoms with van der Waals surface area (Å²) in [7, 11) is -0.770. The molecule has 1 aliphatic rings. The number of nitrogens with zero attached hydrogens (tertiary/aromatic N) is 2. The Morgan fingerprint density at radius 3 is 2.33 bits per heavy atom. The Kier molecular flexibility index (Phi) is 7.53. The summed E-state index contributed by atoms with van der Waals surface area (Å²) >= 11 is 0. The van der Waals surface area contributed by atoms with Crippen LogP contribution in [0.3, 0.4) is 0 Å². The molecule has 0 saturated carbocycles. The van der Waals surface area contributed by atoms with Crippen LogP contribution in [0.25, 0.3) is 0 Å². The van der Waals surface area contributed by atoms with Crippen molar-refractivity contribution in [3.8, 4) is 5.88 Å². The molecular formula is C22H29F2N3O5Si. The number of aromatic nitrogens is 1. The topological polar surface area (TPSA) is 105 Å². The summed E-state index contributed by atoms with van der Waals surface area (Å²) in [6.07, 6.45) is 0.900. The molecule has 0 bridgehead atoms. The van der Waals surface area contributed by atoms with Gasteiger partial charge in [-0.05, 0) is 36.0 Å². The Bertz CT molecular complexity index is 995. The highest BCUT2D eigenvalue weighted by atomic mass is 28.3. The predicted molar refractivity (Wildman–Crippen MR) is 120 cm³/mol. The molecule has 1 unspecified atom stereocenters. The van der Waals surface area contributed by atoms with Gasteiger partial charge >= 0.3 is 0 Å². The van der Waals surface area contributed by atoms with Crippen molar-refractivity contribution in [3.05, 3.63) is 35.6 Å². The maximum absolute atomic E-state index is 14.7. The lowest BCUT2D eigenvalue weighted by molar-refractivity contribution is -0.139. The van der Waals surface area contributed by atoms with Crippen LogP contribution >= 0.6 is 0 Å². The summed E-state index contributed by atoms with van der Waals surface area (Å²) in [5, 5.41) is 15.3. The van der Waals surface area contributed by atoms with Crippen LogP contribution < -0.4 is 10.5 Å². The zero-order valence-electron chi connectivity index (χ0n) is 19.2. The average molecular weight is 482 g/mol. The molecule has 1 aromatic heterocycles. The zero-order valence-corrected chi connectivity index (χ0v) is 20.2. The Morgan fingerprint density at radius 1 is 1.21 bits per heavy atom. The van der Waals surface area contributed by atoms with Crippen molar-refractivity contribution in [2.24, 2.45) is 5.92 Å². The van der Waals surface area contributed by atoms with E-state index in [0.29, 0.717) is 26.1 Å². The monoisotopic (exact) mass is 481 g/mol. The van der Waals surface area contributed by atoms with Gasteiger partial charge in [-0.1, -0.05) is 19.6 Å². The number of carbonyl (C=O) groups is 2. The number of benzene rings is 1. The van der Waals surface area contributed by atoms with Gasteiger partial charge in [0.1, 0.15) is 23.4 Å². The van der Waals surface area contributed by atoms with Crippen LogP contribution in [0.2, 0.25) is 19.6 Å². The minimum absolute atomic E-state index is 0.00457. The Morgan fingerprint density at radius 2 is 1.82 bits per heavy atom. The summed E-state index contributed by atoms with van der Waals surface area (Å²) in [5.74, 6) is -2.75. The number of carbonyl (C=O) groups excluding carboxylic acids is 2. The predicted octanol–water partition coefficient (Wildman–Crippen LogP) is 2.64. The van der Waals surface area contributed by atoms with Crippen LogP contribution in [0, 0.1) is 17.6 Å². The number of nitrogens with one attached hydrogen (secondary N) is 1. The molecule has 0 radical (unpaired) electrons. The molecule has 11 heteroatoms. The SMILES string of the molecule is CN(C(=O)Cc1cc(O)no1)C(C(=O)Nc1cc(F)c([Si](C)(C)C)c(F)c1)C1CCOCC1. The third-order valence-corrected chi connectivity index (χ3v) is 7.70. The number of rotatable bonds is 7. The smallest absolute Gasteiger partial charge is 0.251 e. The molecule has 1 aliphatic heterocycles. The highest BCUT2D eigenvalue weighted by Gasteiger charge is 2.36. The fraction of sp³-hybridized carbons (Fsp3) is 0.500. The maximum Gasteiger partial charge on any atom is 0.251 e. The van der Waals surface area contributed by atoms with E-state index in [4.69, 9.17) is 9.26 Å². The fourth-order valence-electron chi connectivity index (χ4n) is 4.13. The van der Waals surface area contributed by atoms with Gasteiger partial charge in [-0.25, -0.2) is 8.78 Å². The molecule has 2 N–H and O–H groups in total. The van der Waals surface area contributed by atoms with E-state index in [1.54, 1.807) is 0 Å². The second kappa shape index (κ2) is 10.00. The number of ether oxygens (including phenoxy) is 1. The number of anilines is 1. The third-order valence-electron chi connectivity index (χ3n) is 5.72. The number of aromatic hydroxyl groups is 1. The van der Waals surface area contributed by atoms with Crippen LogP contribution in [0.4, 0.5) is 14.5 Å². The quantitative estimate of drug-likeness (QED) is 0.589. The van der Waals surface area contributed by atoms with Gasteiger partial charge in [0.2, 0.25) is 11.8 Å². The van der Waals surface area contributed by atoms with Crippen molar-refractivity contribution >= 4 is 30.8 Å². The highest BCUT2D eigenvalue weighted by Crippen LogP contribution is 2.25. The second-order valence-electron chi connectivity index (χ2n) is 9.28. The maximum atomic E-state index is 14.7. The van der Waals surface area contributed by atoms with Crippen molar-refractivity contribution in [2.75, 3.05) is 25.6 Å². The average Bonchev–Trinajstić information content (AvgIpc) is 3.11. The van der Waals surface area contributed by atoms with Crippen molar-refractivity contribution < 1.29 is 32.7 Å². The van der Waals surface area contributed by atoms with E-state index >= 15 is 0 Å². The van der Waals surface area contributed by atoms with Gasteiger partial charge in [0.15, 0.2) is 0 Å². The molecule has 8 nitrogen and oxygen atoms in total. The summed E-state index contributed by atoms with van der Waals surface area (Å²) in [6.45, 7) is 6.40. The van der Waals surface area contributed by atoms with Crippen LogP contribution in [-0.4, -0.2) is 61.4 Å². The van der Waals surface area contributed by atoms with Crippen molar-refractivity contribution in [2.45, 2.75) is 44.9 Å². The van der Waals surface area contributed by atoms with E-state index in [1.165, 1.54) is 18.0 Å². The van der Waals surface area contributed by atoms with E-state index in [2.05, 4.69) is 10.5 Å². The lowest BCUT2D eigenvalue weighted by atomic mass is 9.89. The first-order valence-electron chi connectivity index (χ1n) is 10.8. The summed E-state index contributed by atoms with van der Waals surface area (Å²) < 4.78 is 39.6. The fourth-order valence-corrected chi connectivity index (χ4v) is 5.71. The standard InChI is InChI=1S/C22H29F2N3O5Si/c1-27(19(29)12-15-11-18(28)26-32-15)20(13-5-7-31-8-6-13)22(30)25-14-9-16(23)21(17(24)10-14)33(2,3)4/h9-11,13,20H,5-8,12H2,1-4H3,(H,25,30)(H,26,28). The third kappa shape index (κ3) is 5.96. The first-order valence-corrected chi connectivity index (χ1v) is 14.3. The highest BCUT2D eigenvalue weighted by molar-refractivity contribution is 6.88. The number of likely N-dealkylation sites (N-methyl/N-ethyl adjacent to an activating group) is 1. The molecule has 33 heavy (non-hydrogen) atoms. The Balaban J connectivity index is 1.83. The van der Waals surface area contributed by atoms with E-state index in [0.717, 1.165) is 12.1 Å². The molecule has 1 saturated heterocycles.